The molecule has 4 nitrogen and oxygen atoms in total. The average Bonchev–Trinajstić information content (AvgIpc) is 2.42. The van der Waals surface area contributed by atoms with E-state index in [9.17, 15) is 4.79 Å². The lowest BCUT2D eigenvalue weighted by Crippen LogP contribution is -2.15. The van der Waals surface area contributed by atoms with Crippen molar-refractivity contribution >= 4 is 28.9 Å². The highest BCUT2D eigenvalue weighted by Crippen LogP contribution is 2.27. The highest BCUT2D eigenvalue weighted by Gasteiger charge is 2.13. The van der Waals surface area contributed by atoms with Crippen LogP contribution in [0.5, 0.6) is 5.75 Å². The smallest absolute Gasteiger partial charge is 0.257 e. The number of hydrogen-bond donors (Lipinski definition) is 2. The van der Waals surface area contributed by atoms with Crippen LogP contribution in [-0.4, -0.2) is 12.5 Å². The fraction of sp³-hybridized carbons (Fsp3) is 0.188. The van der Waals surface area contributed by atoms with E-state index in [0.717, 1.165) is 5.56 Å². The molecule has 21 heavy (non-hydrogen) atoms. The van der Waals surface area contributed by atoms with Crippen LogP contribution in [0, 0.1) is 6.92 Å². The van der Waals surface area contributed by atoms with E-state index in [0.29, 0.717) is 34.3 Å². The standard InChI is InChI=1S/C16H17ClN2O2/c1-3-21-15-8-10(2)4-7-14(15)19-16(20)12-6-5-11(17)9-13(12)18/h4-9H,3,18H2,1-2H3,(H,19,20). The summed E-state index contributed by atoms with van der Waals surface area (Å²) in [6.07, 6.45) is 0. The molecule has 0 fully saturated rings. The first kappa shape index (κ1) is 15.2. The summed E-state index contributed by atoms with van der Waals surface area (Å²) in [4.78, 5) is 12.3. The predicted molar refractivity (Wildman–Crippen MR) is 86.2 cm³/mol. The Morgan fingerprint density at radius 2 is 2.05 bits per heavy atom. The van der Waals surface area contributed by atoms with Gasteiger partial charge in [0, 0.05) is 10.7 Å². The molecule has 0 heterocycles. The highest BCUT2D eigenvalue weighted by atomic mass is 35.5. The predicted octanol–water partition coefficient (Wildman–Crippen LogP) is 3.88. The normalized spacial score (nSPS) is 10.2. The number of benzene rings is 2. The summed E-state index contributed by atoms with van der Waals surface area (Å²) in [6, 6.07) is 10.4. The van der Waals surface area contributed by atoms with Gasteiger partial charge in [0.05, 0.1) is 17.9 Å². The molecule has 3 N–H and O–H groups in total. The van der Waals surface area contributed by atoms with Crippen LogP contribution in [0.15, 0.2) is 36.4 Å². The Morgan fingerprint density at radius 3 is 2.71 bits per heavy atom. The van der Waals surface area contributed by atoms with E-state index < -0.39 is 0 Å². The van der Waals surface area contributed by atoms with E-state index in [1.807, 2.05) is 32.0 Å². The number of rotatable bonds is 4. The lowest BCUT2D eigenvalue weighted by Gasteiger charge is -2.13. The maximum absolute atomic E-state index is 12.3. The molecule has 1 amide bonds. The van der Waals surface area contributed by atoms with Crippen molar-refractivity contribution in [1.29, 1.82) is 0 Å². The summed E-state index contributed by atoms with van der Waals surface area (Å²) in [6.45, 7) is 4.38. The van der Waals surface area contributed by atoms with Gasteiger partial charge in [0.25, 0.3) is 5.91 Å². The lowest BCUT2D eigenvalue weighted by atomic mass is 10.1. The van der Waals surface area contributed by atoms with Crippen LogP contribution >= 0.6 is 11.6 Å². The maximum atomic E-state index is 12.3. The van der Waals surface area contributed by atoms with Crippen molar-refractivity contribution in [3.63, 3.8) is 0 Å². The molecule has 0 aliphatic heterocycles. The van der Waals surface area contributed by atoms with Crippen LogP contribution in [0.1, 0.15) is 22.8 Å². The van der Waals surface area contributed by atoms with Crippen molar-refractivity contribution in [2.45, 2.75) is 13.8 Å². The van der Waals surface area contributed by atoms with Crippen molar-refractivity contribution < 1.29 is 9.53 Å². The molecule has 110 valence electrons. The first-order valence-corrected chi connectivity index (χ1v) is 6.99. The molecule has 0 aliphatic rings. The Labute approximate surface area is 128 Å². The number of nitrogens with one attached hydrogen (secondary N) is 1. The van der Waals surface area contributed by atoms with E-state index >= 15 is 0 Å². The molecule has 0 saturated carbocycles. The van der Waals surface area contributed by atoms with Gasteiger partial charge >= 0.3 is 0 Å². The van der Waals surface area contributed by atoms with Crippen LogP contribution in [0.2, 0.25) is 5.02 Å². The largest absolute Gasteiger partial charge is 0.492 e. The number of hydrogen-bond acceptors (Lipinski definition) is 3. The molecule has 0 bridgehead atoms. The Hall–Kier alpha value is -2.20. The van der Waals surface area contributed by atoms with Crippen LogP contribution in [-0.2, 0) is 0 Å². The second-order valence-electron chi connectivity index (χ2n) is 4.62. The maximum Gasteiger partial charge on any atom is 0.257 e. The third-order valence-corrected chi connectivity index (χ3v) is 3.18. The first-order chi connectivity index (χ1) is 10.0. The van der Waals surface area contributed by atoms with Crippen molar-refractivity contribution in [3.8, 4) is 5.75 Å². The van der Waals surface area contributed by atoms with Crippen molar-refractivity contribution in [1.82, 2.24) is 0 Å². The third-order valence-electron chi connectivity index (χ3n) is 2.94. The fourth-order valence-electron chi connectivity index (χ4n) is 1.94. The SMILES string of the molecule is CCOc1cc(C)ccc1NC(=O)c1ccc(Cl)cc1N. The molecule has 5 heteroatoms. The Bertz CT molecular complexity index is 671. The molecular weight excluding hydrogens is 288 g/mol. The molecule has 2 rings (SSSR count). The topological polar surface area (TPSA) is 64.3 Å². The number of nitrogen functional groups attached to an aromatic ring is 1. The second kappa shape index (κ2) is 6.50. The van der Waals surface area contributed by atoms with Gasteiger partial charge in [0.15, 0.2) is 0 Å². The van der Waals surface area contributed by atoms with E-state index in [1.54, 1.807) is 18.2 Å². The molecule has 2 aromatic carbocycles. The van der Waals surface area contributed by atoms with Crippen LogP contribution < -0.4 is 15.8 Å². The summed E-state index contributed by atoms with van der Waals surface area (Å²) in [7, 11) is 0. The van der Waals surface area contributed by atoms with Gasteiger partial charge in [0.1, 0.15) is 5.75 Å². The highest BCUT2D eigenvalue weighted by molar-refractivity contribution is 6.31. The van der Waals surface area contributed by atoms with Gasteiger partial charge in [-0.2, -0.15) is 0 Å². The minimum Gasteiger partial charge on any atom is -0.492 e. The van der Waals surface area contributed by atoms with Gasteiger partial charge in [-0.15, -0.1) is 0 Å². The van der Waals surface area contributed by atoms with E-state index in [-0.39, 0.29) is 5.91 Å². The second-order valence-corrected chi connectivity index (χ2v) is 5.05. The molecule has 0 spiro atoms. The molecule has 2 aromatic rings. The molecule has 0 radical (unpaired) electrons. The van der Waals surface area contributed by atoms with E-state index in [1.165, 1.54) is 0 Å². The van der Waals surface area contributed by atoms with Crippen LogP contribution in [0.3, 0.4) is 0 Å². The van der Waals surface area contributed by atoms with Crippen molar-refractivity contribution in [2.24, 2.45) is 0 Å². The first-order valence-electron chi connectivity index (χ1n) is 6.61. The van der Waals surface area contributed by atoms with Crippen molar-refractivity contribution in [2.75, 3.05) is 17.7 Å². The van der Waals surface area contributed by atoms with E-state index in [4.69, 9.17) is 22.1 Å². The molecular formula is C16H17ClN2O2. The lowest BCUT2D eigenvalue weighted by molar-refractivity contribution is 0.102. The number of nitrogens with two attached hydrogens (primary N) is 1. The zero-order chi connectivity index (χ0) is 15.4. The number of carbonyl (C=O) groups is 1. The molecule has 0 atom stereocenters. The van der Waals surface area contributed by atoms with E-state index in [2.05, 4.69) is 5.32 Å². The number of halogens is 1. The number of aryl methyl sites for hydroxylation is 1. The van der Waals surface area contributed by atoms with Gasteiger partial charge < -0.3 is 15.8 Å². The minimum atomic E-state index is -0.297. The summed E-state index contributed by atoms with van der Waals surface area (Å²) < 4.78 is 5.54. The van der Waals surface area contributed by atoms with Gasteiger partial charge in [-0.1, -0.05) is 17.7 Å². The number of carbonyl (C=O) groups excluding carboxylic acids is 1. The van der Waals surface area contributed by atoms with Gasteiger partial charge in [-0.3, -0.25) is 4.79 Å². The van der Waals surface area contributed by atoms with Gasteiger partial charge in [-0.05, 0) is 49.7 Å². The number of anilines is 2. The van der Waals surface area contributed by atoms with Crippen LogP contribution in [0.25, 0.3) is 0 Å². The van der Waals surface area contributed by atoms with Crippen molar-refractivity contribution in [3.05, 3.63) is 52.5 Å². The zero-order valence-corrected chi connectivity index (χ0v) is 12.7. The molecule has 0 saturated heterocycles. The summed E-state index contributed by atoms with van der Waals surface area (Å²) >= 11 is 5.83. The fourth-order valence-corrected chi connectivity index (χ4v) is 2.12. The molecule has 0 aliphatic carbocycles. The summed E-state index contributed by atoms with van der Waals surface area (Å²) in [5.74, 6) is 0.340. The minimum absolute atomic E-state index is 0.297. The number of ether oxygens (including phenoxy) is 1. The summed E-state index contributed by atoms with van der Waals surface area (Å²) in [5.41, 5.74) is 8.21. The molecule has 0 aromatic heterocycles. The quantitative estimate of drug-likeness (QED) is 0.842. The third kappa shape index (κ3) is 3.67. The average molecular weight is 305 g/mol. The van der Waals surface area contributed by atoms with Crippen LogP contribution in [0.4, 0.5) is 11.4 Å². The molecule has 0 unspecified atom stereocenters. The Morgan fingerprint density at radius 1 is 1.29 bits per heavy atom. The Balaban J connectivity index is 2.27. The van der Waals surface area contributed by atoms with Gasteiger partial charge in [0.2, 0.25) is 0 Å². The Kier molecular flexibility index (Phi) is 4.70. The zero-order valence-electron chi connectivity index (χ0n) is 11.9. The monoisotopic (exact) mass is 304 g/mol. The number of amides is 1. The summed E-state index contributed by atoms with van der Waals surface area (Å²) in [5, 5.41) is 3.31. The van der Waals surface area contributed by atoms with Gasteiger partial charge in [-0.25, -0.2) is 0 Å².